The molecular weight excluding hydrogens is 550 g/mol. The minimum Gasteiger partial charge on any atom is -0.492 e. The second-order valence-corrected chi connectivity index (χ2v) is 12.4. The van der Waals surface area contributed by atoms with E-state index in [1.54, 1.807) is 36.6 Å². The van der Waals surface area contributed by atoms with Crippen LogP contribution in [0.2, 0.25) is 0 Å². The van der Waals surface area contributed by atoms with Crippen molar-refractivity contribution in [3.8, 4) is 5.75 Å². The molecule has 1 fully saturated rings. The number of piperazine rings is 1. The first kappa shape index (κ1) is 30.1. The molecule has 1 unspecified atom stereocenters. The largest absolute Gasteiger partial charge is 0.492 e. The van der Waals surface area contributed by atoms with Crippen molar-refractivity contribution in [1.29, 1.82) is 0 Å². The summed E-state index contributed by atoms with van der Waals surface area (Å²) in [6.07, 6.45) is 0.508. The number of carbonyl (C=O) groups is 3. The third-order valence-corrected chi connectivity index (χ3v) is 7.70. The van der Waals surface area contributed by atoms with Crippen molar-refractivity contribution in [3.05, 3.63) is 69.1 Å². The van der Waals surface area contributed by atoms with Gasteiger partial charge in [-0.3, -0.25) is 14.4 Å². The summed E-state index contributed by atoms with van der Waals surface area (Å²) in [7, 11) is 0. The third-order valence-electron chi connectivity index (χ3n) is 7.70. The molecule has 0 bridgehead atoms. The predicted octanol–water partition coefficient (Wildman–Crippen LogP) is 3.28. The number of hydrogen-bond donors (Lipinski definition) is 2. The molecule has 5 rings (SSSR count). The Balaban J connectivity index is 1.30. The number of fused-ring (bicyclic) bond motifs is 2. The molecule has 3 aromatic rings. The number of aromatic nitrogens is 2. The van der Waals surface area contributed by atoms with Crippen LogP contribution in [0.5, 0.6) is 5.75 Å². The van der Waals surface area contributed by atoms with Crippen molar-refractivity contribution in [2.75, 3.05) is 32.8 Å². The molecule has 2 N–H and O–H groups in total. The maximum atomic E-state index is 13.8. The molecule has 11 heteroatoms. The van der Waals surface area contributed by atoms with Crippen LogP contribution >= 0.6 is 0 Å². The van der Waals surface area contributed by atoms with Crippen LogP contribution < -0.4 is 15.6 Å². The third kappa shape index (κ3) is 6.65. The lowest BCUT2D eigenvalue weighted by Gasteiger charge is -2.37. The van der Waals surface area contributed by atoms with Crippen molar-refractivity contribution >= 4 is 28.7 Å². The van der Waals surface area contributed by atoms with Gasteiger partial charge in [0, 0.05) is 44.4 Å². The van der Waals surface area contributed by atoms with Crippen molar-refractivity contribution in [2.45, 2.75) is 59.1 Å². The van der Waals surface area contributed by atoms with Crippen LogP contribution in [0.4, 0.5) is 4.79 Å². The summed E-state index contributed by atoms with van der Waals surface area (Å²) in [6.45, 7) is 11.0. The molecule has 0 aliphatic carbocycles. The molecular formula is C32H39N5O6. The number of rotatable bonds is 6. The number of nitrogens with one attached hydrogen (secondary N) is 2. The molecule has 43 heavy (non-hydrogen) atoms. The summed E-state index contributed by atoms with van der Waals surface area (Å²) in [4.78, 5) is 55.3. The number of H-pyrrole nitrogens is 1. The Bertz CT molecular complexity index is 1600. The summed E-state index contributed by atoms with van der Waals surface area (Å²) in [6, 6.07) is 10.5. The number of amides is 3. The molecule has 11 nitrogen and oxygen atoms in total. The SMILES string of the molecule is CC(C)C(NC(=O)OC(C)(C)C)C(=O)N1CCN(C(=O)c2cc(Cc3n[nH]c(=O)c4ccccc34)cc3c2OCC3)CC1. The summed E-state index contributed by atoms with van der Waals surface area (Å²) < 4.78 is 11.3. The van der Waals surface area contributed by atoms with Crippen LogP contribution in [0.3, 0.4) is 0 Å². The van der Waals surface area contributed by atoms with Crippen molar-refractivity contribution in [3.63, 3.8) is 0 Å². The van der Waals surface area contributed by atoms with Gasteiger partial charge < -0.3 is 24.6 Å². The van der Waals surface area contributed by atoms with Gasteiger partial charge in [-0.25, -0.2) is 9.89 Å². The maximum Gasteiger partial charge on any atom is 0.408 e. The van der Waals surface area contributed by atoms with Crippen LogP contribution in [-0.2, 0) is 22.4 Å². The van der Waals surface area contributed by atoms with Gasteiger partial charge in [0.2, 0.25) is 5.91 Å². The van der Waals surface area contributed by atoms with E-state index >= 15 is 0 Å². The van der Waals surface area contributed by atoms with Gasteiger partial charge in [-0.05, 0) is 49.9 Å². The first-order chi connectivity index (χ1) is 20.4. The zero-order valence-electron chi connectivity index (χ0n) is 25.4. The lowest BCUT2D eigenvalue weighted by atomic mass is 9.98. The van der Waals surface area contributed by atoms with Gasteiger partial charge in [0.05, 0.1) is 23.3 Å². The topological polar surface area (TPSA) is 134 Å². The number of carbonyl (C=O) groups excluding carboxylic acids is 3. The average molecular weight is 590 g/mol. The molecule has 0 saturated carbocycles. The number of hydrogen-bond acceptors (Lipinski definition) is 7. The number of nitrogens with zero attached hydrogens (tertiary/aromatic N) is 3. The van der Waals surface area contributed by atoms with Gasteiger partial charge >= 0.3 is 6.09 Å². The Kier molecular flexibility index (Phi) is 8.43. The van der Waals surface area contributed by atoms with E-state index in [1.165, 1.54) is 0 Å². The fraction of sp³-hybridized carbons (Fsp3) is 0.469. The van der Waals surface area contributed by atoms with Gasteiger partial charge in [-0.15, -0.1) is 0 Å². The van der Waals surface area contributed by atoms with E-state index in [2.05, 4.69) is 15.5 Å². The Hall–Kier alpha value is -4.41. The van der Waals surface area contributed by atoms with Gasteiger partial charge in [-0.1, -0.05) is 38.1 Å². The highest BCUT2D eigenvalue weighted by Crippen LogP contribution is 2.33. The summed E-state index contributed by atoms with van der Waals surface area (Å²) >= 11 is 0. The monoisotopic (exact) mass is 589 g/mol. The quantitative estimate of drug-likeness (QED) is 0.451. The number of ether oxygens (including phenoxy) is 2. The number of aromatic amines is 1. The number of benzene rings is 2. The Morgan fingerprint density at radius 3 is 2.40 bits per heavy atom. The normalized spacial score (nSPS) is 15.7. The fourth-order valence-electron chi connectivity index (χ4n) is 5.58. The zero-order chi connectivity index (χ0) is 30.9. The van der Waals surface area contributed by atoms with Gasteiger partial charge in [-0.2, -0.15) is 5.10 Å². The van der Waals surface area contributed by atoms with Gasteiger partial charge in [0.25, 0.3) is 11.5 Å². The van der Waals surface area contributed by atoms with Crippen molar-refractivity contribution < 1.29 is 23.9 Å². The molecule has 1 saturated heterocycles. The van der Waals surface area contributed by atoms with Gasteiger partial charge in [0.1, 0.15) is 17.4 Å². The Labute approximate surface area is 250 Å². The van der Waals surface area contributed by atoms with E-state index in [4.69, 9.17) is 9.47 Å². The lowest BCUT2D eigenvalue weighted by Crippen LogP contribution is -2.57. The molecule has 1 aromatic heterocycles. The van der Waals surface area contributed by atoms with E-state index in [0.29, 0.717) is 62.3 Å². The Morgan fingerprint density at radius 1 is 1.05 bits per heavy atom. The van der Waals surface area contributed by atoms with E-state index in [9.17, 15) is 19.2 Å². The molecule has 1 atom stereocenters. The highest BCUT2D eigenvalue weighted by molar-refractivity contribution is 5.98. The number of alkyl carbamates (subject to hydrolysis) is 1. The first-order valence-electron chi connectivity index (χ1n) is 14.7. The molecule has 2 aliphatic rings. The second kappa shape index (κ2) is 12.1. The first-order valence-corrected chi connectivity index (χ1v) is 14.7. The molecule has 3 heterocycles. The summed E-state index contributed by atoms with van der Waals surface area (Å²) in [5, 5.41) is 11.0. The minimum atomic E-state index is -0.733. The minimum absolute atomic E-state index is 0.142. The lowest BCUT2D eigenvalue weighted by molar-refractivity contribution is -0.136. The van der Waals surface area contributed by atoms with Crippen molar-refractivity contribution in [2.24, 2.45) is 5.92 Å². The van der Waals surface area contributed by atoms with Gasteiger partial charge in [0.15, 0.2) is 0 Å². The molecule has 228 valence electrons. The highest BCUT2D eigenvalue weighted by Gasteiger charge is 2.34. The standard InChI is InChI=1S/C32H39N5O6/c1-19(2)26(33-31(41)43-32(3,4)5)30(40)37-13-11-36(12-14-37)29(39)24-17-20(16-21-10-15-42-27(21)24)18-25-22-8-6-7-9-23(22)28(38)35-34-25/h6-9,16-17,19,26H,10-15,18H2,1-5H3,(H,33,41)(H,35,38). The van der Waals surface area contributed by atoms with E-state index in [0.717, 1.165) is 22.2 Å². The van der Waals surface area contributed by atoms with Crippen LogP contribution in [0.15, 0.2) is 41.2 Å². The summed E-state index contributed by atoms with van der Waals surface area (Å²) in [5.74, 6) is 0.114. The Morgan fingerprint density at radius 2 is 1.72 bits per heavy atom. The second-order valence-electron chi connectivity index (χ2n) is 12.4. The van der Waals surface area contributed by atoms with Crippen LogP contribution in [0.1, 0.15) is 61.8 Å². The molecule has 0 radical (unpaired) electrons. The highest BCUT2D eigenvalue weighted by atomic mass is 16.6. The van der Waals surface area contributed by atoms with Crippen molar-refractivity contribution in [1.82, 2.24) is 25.3 Å². The van der Waals surface area contributed by atoms with Crippen LogP contribution in [0, 0.1) is 5.92 Å². The molecule has 2 aromatic carbocycles. The zero-order valence-corrected chi connectivity index (χ0v) is 25.4. The maximum absolute atomic E-state index is 13.8. The summed E-state index contributed by atoms with van der Waals surface area (Å²) in [5.41, 5.74) is 2.17. The average Bonchev–Trinajstić information content (AvgIpc) is 3.44. The smallest absolute Gasteiger partial charge is 0.408 e. The van der Waals surface area contributed by atoms with Crippen LogP contribution in [0.25, 0.3) is 10.8 Å². The van der Waals surface area contributed by atoms with Crippen LogP contribution in [-0.4, -0.2) is 82.3 Å². The van der Waals surface area contributed by atoms with E-state index in [1.807, 2.05) is 44.2 Å². The molecule has 2 aliphatic heterocycles. The molecule has 0 spiro atoms. The van der Waals surface area contributed by atoms with E-state index < -0.39 is 17.7 Å². The molecule has 3 amide bonds. The van der Waals surface area contributed by atoms with E-state index in [-0.39, 0.29) is 23.3 Å². The fourth-order valence-corrected chi connectivity index (χ4v) is 5.58. The predicted molar refractivity (Wildman–Crippen MR) is 161 cm³/mol.